The number of aromatic nitrogens is 4. The number of benzene rings is 1. The summed E-state index contributed by atoms with van der Waals surface area (Å²) in [6, 6.07) is 13.4. The Bertz CT molecular complexity index is 1330. The molecule has 0 fully saturated rings. The second kappa shape index (κ2) is 7.51. The summed E-state index contributed by atoms with van der Waals surface area (Å²) in [6.45, 7) is 0.0749. The minimum atomic E-state index is -0.542. The van der Waals surface area contributed by atoms with E-state index in [4.69, 9.17) is 0 Å². The molecule has 0 aliphatic rings. The highest BCUT2D eigenvalue weighted by molar-refractivity contribution is 5.94. The first-order chi connectivity index (χ1) is 14.1. The van der Waals surface area contributed by atoms with Crippen molar-refractivity contribution in [2.75, 3.05) is 7.05 Å². The highest BCUT2D eigenvalue weighted by atomic mass is 16.2. The molecule has 0 spiro atoms. The van der Waals surface area contributed by atoms with Gasteiger partial charge in [0.05, 0.1) is 17.6 Å². The molecule has 0 aliphatic carbocycles. The van der Waals surface area contributed by atoms with Crippen molar-refractivity contribution in [3.63, 3.8) is 0 Å². The van der Waals surface area contributed by atoms with Crippen molar-refractivity contribution in [1.29, 1.82) is 0 Å². The predicted molar refractivity (Wildman–Crippen MR) is 108 cm³/mol. The maximum absolute atomic E-state index is 13.3. The summed E-state index contributed by atoms with van der Waals surface area (Å²) in [4.78, 5) is 46.6. The van der Waals surface area contributed by atoms with E-state index in [0.717, 1.165) is 10.1 Å². The monoisotopic (exact) mass is 387 g/mol. The number of fused-ring (bicyclic) bond motifs is 1. The third-order valence-electron chi connectivity index (χ3n) is 4.55. The number of hydrogen-bond donors (Lipinski definition) is 1. The van der Waals surface area contributed by atoms with E-state index >= 15 is 0 Å². The lowest BCUT2D eigenvalue weighted by molar-refractivity contribution is 0.0963. The van der Waals surface area contributed by atoms with E-state index in [9.17, 15) is 14.4 Å². The van der Waals surface area contributed by atoms with Crippen molar-refractivity contribution >= 4 is 16.9 Å². The number of amides is 1. The Morgan fingerprint density at radius 3 is 2.66 bits per heavy atom. The van der Waals surface area contributed by atoms with E-state index in [2.05, 4.69) is 15.3 Å². The van der Waals surface area contributed by atoms with E-state index in [1.54, 1.807) is 60.9 Å². The fourth-order valence-electron chi connectivity index (χ4n) is 3.16. The Balaban J connectivity index is 2.00. The fraction of sp³-hybridized carbons (Fsp3) is 0.0952. The van der Waals surface area contributed by atoms with Crippen LogP contribution in [0.5, 0.6) is 0 Å². The van der Waals surface area contributed by atoms with Crippen LogP contribution in [-0.4, -0.2) is 32.1 Å². The van der Waals surface area contributed by atoms with Crippen molar-refractivity contribution in [3.8, 4) is 5.69 Å². The Kier molecular flexibility index (Phi) is 4.74. The number of hydrogen-bond acceptors (Lipinski definition) is 5. The second-order valence-corrected chi connectivity index (χ2v) is 6.37. The van der Waals surface area contributed by atoms with Gasteiger partial charge in [-0.25, -0.2) is 14.3 Å². The maximum Gasteiger partial charge on any atom is 0.337 e. The van der Waals surface area contributed by atoms with Crippen molar-refractivity contribution < 1.29 is 4.79 Å². The van der Waals surface area contributed by atoms with Crippen LogP contribution in [0.2, 0.25) is 0 Å². The minimum Gasteiger partial charge on any atom is -0.355 e. The zero-order chi connectivity index (χ0) is 20.4. The quantitative estimate of drug-likeness (QED) is 0.570. The molecule has 1 amide bonds. The van der Waals surface area contributed by atoms with Gasteiger partial charge >= 0.3 is 5.69 Å². The van der Waals surface area contributed by atoms with Gasteiger partial charge in [-0.2, -0.15) is 0 Å². The average molecular weight is 387 g/mol. The van der Waals surface area contributed by atoms with Crippen LogP contribution < -0.4 is 16.6 Å². The maximum atomic E-state index is 13.3. The molecule has 1 aromatic carbocycles. The van der Waals surface area contributed by atoms with Gasteiger partial charge in [0.25, 0.3) is 11.5 Å². The van der Waals surface area contributed by atoms with Crippen molar-refractivity contribution in [2.45, 2.75) is 6.54 Å². The molecule has 8 heteroatoms. The van der Waals surface area contributed by atoms with Gasteiger partial charge < -0.3 is 5.32 Å². The van der Waals surface area contributed by atoms with Gasteiger partial charge in [0.15, 0.2) is 5.65 Å². The van der Waals surface area contributed by atoms with Gasteiger partial charge in [-0.1, -0.05) is 12.1 Å². The third kappa shape index (κ3) is 3.31. The summed E-state index contributed by atoms with van der Waals surface area (Å²) in [6.07, 6.45) is 4.75. The molecule has 0 atom stereocenters. The second-order valence-electron chi connectivity index (χ2n) is 6.37. The summed E-state index contributed by atoms with van der Waals surface area (Å²) in [5.74, 6) is -0.277. The van der Waals surface area contributed by atoms with Crippen LogP contribution in [0, 0.1) is 0 Å². The van der Waals surface area contributed by atoms with E-state index < -0.39 is 11.2 Å². The molecular formula is C21H17N5O3. The zero-order valence-electron chi connectivity index (χ0n) is 15.6. The van der Waals surface area contributed by atoms with Gasteiger partial charge in [-0.05, 0) is 42.0 Å². The summed E-state index contributed by atoms with van der Waals surface area (Å²) in [5, 5.41) is 2.87. The molecule has 0 saturated carbocycles. The highest BCUT2D eigenvalue weighted by Gasteiger charge is 2.16. The SMILES string of the molecule is CNC(=O)c1cccc(-n2c(=O)n(Cc3cccnc3)c(=O)c3cccnc32)c1. The molecule has 1 N–H and O–H groups in total. The number of pyridine rings is 2. The number of nitrogens with one attached hydrogen (secondary N) is 1. The predicted octanol–water partition coefficient (Wildman–Crippen LogP) is 1.35. The minimum absolute atomic E-state index is 0.0749. The Morgan fingerprint density at radius 2 is 1.90 bits per heavy atom. The average Bonchev–Trinajstić information content (AvgIpc) is 2.77. The number of carbonyl (C=O) groups excluding carboxylic acids is 1. The van der Waals surface area contributed by atoms with Crippen molar-refractivity contribution in [1.82, 2.24) is 24.4 Å². The molecule has 4 rings (SSSR count). The van der Waals surface area contributed by atoms with E-state index in [0.29, 0.717) is 16.6 Å². The van der Waals surface area contributed by atoms with Gasteiger partial charge in [0.1, 0.15) is 0 Å². The van der Waals surface area contributed by atoms with E-state index in [1.807, 2.05) is 0 Å². The van der Waals surface area contributed by atoms with Gasteiger partial charge in [0, 0.05) is 31.2 Å². The first-order valence-electron chi connectivity index (χ1n) is 8.92. The van der Waals surface area contributed by atoms with Crippen molar-refractivity contribution in [2.24, 2.45) is 0 Å². The molecule has 3 heterocycles. The summed E-state index contributed by atoms with van der Waals surface area (Å²) >= 11 is 0. The molecule has 29 heavy (non-hydrogen) atoms. The Labute approximate surface area is 165 Å². The van der Waals surface area contributed by atoms with Crippen LogP contribution in [0.25, 0.3) is 16.7 Å². The smallest absolute Gasteiger partial charge is 0.337 e. The van der Waals surface area contributed by atoms with Crippen molar-refractivity contribution in [3.05, 3.63) is 99.1 Å². The Hall–Kier alpha value is -4.07. The highest BCUT2D eigenvalue weighted by Crippen LogP contribution is 2.14. The lowest BCUT2D eigenvalue weighted by Gasteiger charge is -2.14. The van der Waals surface area contributed by atoms with Gasteiger partial charge in [0.2, 0.25) is 0 Å². The Morgan fingerprint density at radius 1 is 1.07 bits per heavy atom. The summed E-state index contributed by atoms with van der Waals surface area (Å²) in [7, 11) is 1.53. The lowest BCUT2D eigenvalue weighted by atomic mass is 10.2. The molecule has 0 bridgehead atoms. The molecule has 0 radical (unpaired) electrons. The van der Waals surface area contributed by atoms with Crippen LogP contribution >= 0.6 is 0 Å². The standard InChI is InChI=1S/C21H17N5O3/c1-22-19(27)15-6-2-7-16(11-15)26-18-17(8-4-10-24-18)20(28)25(21(26)29)13-14-5-3-9-23-12-14/h2-12H,13H2,1H3,(H,22,27). The van der Waals surface area contributed by atoms with Crippen LogP contribution in [0.3, 0.4) is 0 Å². The molecule has 0 unspecified atom stereocenters. The summed E-state index contributed by atoms with van der Waals surface area (Å²) < 4.78 is 2.49. The molecule has 0 aliphatic heterocycles. The molecule has 3 aromatic heterocycles. The van der Waals surface area contributed by atoms with Crippen LogP contribution in [0.4, 0.5) is 0 Å². The van der Waals surface area contributed by atoms with E-state index in [-0.39, 0.29) is 18.1 Å². The first kappa shape index (κ1) is 18.3. The number of carbonyl (C=O) groups is 1. The van der Waals surface area contributed by atoms with Crippen LogP contribution in [-0.2, 0) is 6.54 Å². The largest absolute Gasteiger partial charge is 0.355 e. The van der Waals surface area contributed by atoms with Crippen LogP contribution in [0.1, 0.15) is 15.9 Å². The first-order valence-corrected chi connectivity index (χ1v) is 8.92. The lowest BCUT2D eigenvalue weighted by Crippen LogP contribution is -2.40. The summed E-state index contributed by atoms with van der Waals surface area (Å²) in [5.41, 5.74) is 0.824. The zero-order valence-corrected chi connectivity index (χ0v) is 15.6. The topological polar surface area (TPSA) is 98.9 Å². The molecule has 144 valence electrons. The van der Waals surface area contributed by atoms with Gasteiger partial charge in [-0.3, -0.25) is 19.1 Å². The molecule has 8 nitrogen and oxygen atoms in total. The van der Waals surface area contributed by atoms with E-state index in [1.165, 1.54) is 17.8 Å². The molecular weight excluding hydrogens is 370 g/mol. The fourth-order valence-corrected chi connectivity index (χ4v) is 3.16. The van der Waals surface area contributed by atoms with Gasteiger partial charge in [-0.15, -0.1) is 0 Å². The molecule has 4 aromatic rings. The molecule has 0 saturated heterocycles. The van der Waals surface area contributed by atoms with Crippen LogP contribution in [0.15, 0.2) is 76.7 Å². The third-order valence-corrected chi connectivity index (χ3v) is 4.55. The normalized spacial score (nSPS) is 10.8. The number of rotatable bonds is 4. The number of nitrogens with zero attached hydrogens (tertiary/aromatic N) is 4.